The molecule has 3 heteroatoms. The molecular weight excluding hydrogens is 216 g/mol. The number of hydrogen-bond donors (Lipinski definition) is 0. The molecule has 0 radical (unpaired) electrons. The summed E-state index contributed by atoms with van der Waals surface area (Å²) < 4.78 is 5.04. The van der Waals surface area contributed by atoms with Gasteiger partial charge in [0.2, 0.25) is 0 Å². The fourth-order valence-corrected chi connectivity index (χ4v) is 1.43. The van der Waals surface area contributed by atoms with Crippen LogP contribution in [0.2, 0.25) is 0 Å². The lowest BCUT2D eigenvalue weighted by atomic mass is 10.1. The molecule has 17 heavy (non-hydrogen) atoms. The average Bonchev–Trinajstić information content (AvgIpc) is 2.26. The molecule has 0 aliphatic heterocycles. The fraction of sp³-hybridized carbons (Fsp3) is 0.286. The average molecular weight is 232 g/mol. The van der Waals surface area contributed by atoms with Gasteiger partial charge in [-0.1, -0.05) is 36.4 Å². The first-order valence-electron chi connectivity index (χ1n) is 5.48. The minimum atomic E-state index is -0.481. The van der Waals surface area contributed by atoms with Gasteiger partial charge in [-0.15, -0.1) is 0 Å². The topological polar surface area (TPSA) is 43.4 Å². The van der Waals surface area contributed by atoms with Crippen molar-refractivity contribution in [3.8, 4) is 0 Å². The summed E-state index contributed by atoms with van der Waals surface area (Å²) in [6.45, 7) is 2.82. The predicted molar refractivity (Wildman–Crippen MR) is 66.3 cm³/mol. The number of ketones is 1. The maximum atomic E-state index is 11.0. The molecule has 0 spiro atoms. The number of esters is 1. The van der Waals surface area contributed by atoms with E-state index in [0.717, 1.165) is 5.56 Å². The summed E-state index contributed by atoms with van der Waals surface area (Å²) >= 11 is 0. The molecule has 1 atom stereocenters. The van der Waals surface area contributed by atoms with Crippen LogP contribution in [0.4, 0.5) is 0 Å². The summed E-state index contributed by atoms with van der Waals surface area (Å²) in [7, 11) is 0. The molecule has 1 unspecified atom stereocenters. The maximum Gasteiger partial charge on any atom is 0.303 e. The van der Waals surface area contributed by atoms with Crippen LogP contribution >= 0.6 is 0 Å². The summed E-state index contributed by atoms with van der Waals surface area (Å²) in [6.07, 6.45) is 3.31. The Hall–Kier alpha value is -1.90. The number of rotatable bonds is 5. The van der Waals surface area contributed by atoms with Crippen LogP contribution in [0.1, 0.15) is 25.8 Å². The molecule has 0 fully saturated rings. The van der Waals surface area contributed by atoms with E-state index in [1.807, 2.05) is 36.4 Å². The minimum Gasteiger partial charge on any atom is -0.458 e. The van der Waals surface area contributed by atoms with Gasteiger partial charge in [-0.2, -0.15) is 0 Å². The third-order valence-corrected chi connectivity index (χ3v) is 2.11. The lowest BCUT2D eigenvalue weighted by molar-refractivity contribution is -0.144. The van der Waals surface area contributed by atoms with Gasteiger partial charge in [0.25, 0.3) is 0 Å². The first kappa shape index (κ1) is 13.2. The Kier molecular flexibility index (Phi) is 5.14. The van der Waals surface area contributed by atoms with Crippen molar-refractivity contribution in [1.29, 1.82) is 0 Å². The quantitative estimate of drug-likeness (QED) is 0.733. The second-order valence-electron chi connectivity index (χ2n) is 3.82. The molecule has 1 aromatic rings. The van der Waals surface area contributed by atoms with Crippen LogP contribution in [0, 0.1) is 0 Å². The van der Waals surface area contributed by atoms with Gasteiger partial charge in [-0.05, 0) is 18.6 Å². The molecule has 0 amide bonds. The van der Waals surface area contributed by atoms with Gasteiger partial charge in [0, 0.05) is 13.3 Å². The van der Waals surface area contributed by atoms with Crippen LogP contribution in [0.5, 0.6) is 0 Å². The van der Waals surface area contributed by atoms with Gasteiger partial charge in [-0.3, -0.25) is 9.59 Å². The summed E-state index contributed by atoms with van der Waals surface area (Å²) in [4.78, 5) is 21.9. The van der Waals surface area contributed by atoms with Crippen LogP contribution in [-0.4, -0.2) is 17.9 Å². The van der Waals surface area contributed by atoms with E-state index >= 15 is 0 Å². The van der Waals surface area contributed by atoms with Crippen LogP contribution < -0.4 is 0 Å². The van der Waals surface area contributed by atoms with Gasteiger partial charge >= 0.3 is 5.97 Å². The normalized spacial score (nSPS) is 12.4. The minimum absolute atomic E-state index is 0.00559. The third kappa shape index (κ3) is 5.66. The van der Waals surface area contributed by atoms with Gasteiger partial charge in [-0.25, -0.2) is 0 Å². The van der Waals surface area contributed by atoms with E-state index in [0.29, 0.717) is 0 Å². The largest absolute Gasteiger partial charge is 0.458 e. The lowest BCUT2D eigenvalue weighted by Crippen LogP contribution is -2.16. The first-order chi connectivity index (χ1) is 8.08. The number of carbonyl (C=O) groups is 2. The lowest BCUT2D eigenvalue weighted by Gasteiger charge is -2.10. The van der Waals surface area contributed by atoms with Crippen LogP contribution in [0.3, 0.4) is 0 Å². The van der Waals surface area contributed by atoms with Crippen molar-refractivity contribution in [1.82, 2.24) is 0 Å². The van der Waals surface area contributed by atoms with Crippen molar-refractivity contribution in [2.24, 2.45) is 0 Å². The molecule has 1 rings (SSSR count). The number of Topliss-reactive ketones (excluding diaryl/α,β-unsaturated/α-hetero) is 1. The molecule has 0 saturated heterocycles. The number of benzene rings is 1. The van der Waals surface area contributed by atoms with E-state index in [9.17, 15) is 9.59 Å². The van der Waals surface area contributed by atoms with E-state index in [1.54, 1.807) is 6.08 Å². The molecule has 0 saturated carbocycles. The second-order valence-corrected chi connectivity index (χ2v) is 3.82. The zero-order valence-electron chi connectivity index (χ0n) is 10.1. The van der Waals surface area contributed by atoms with E-state index in [2.05, 4.69) is 0 Å². The van der Waals surface area contributed by atoms with Crippen molar-refractivity contribution in [3.05, 3.63) is 42.0 Å². The Bertz CT molecular complexity index is 391. The molecule has 0 heterocycles. The molecule has 1 aromatic carbocycles. The fourth-order valence-electron chi connectivity index (χ4n) is 1.43. The Morgan fingerprint density at radius 1 is 1.24 bits per heavy atom. The van der Waals surface area contributed by atoms with Crippen molar-refractivity contribution >= 4 is 17.8 Å². The number of carbonyl (C=O) groups excluding carboxylic acids is 2. The maximum absolute atomic E-state index is 11.0. The molecule has 0 N–H and O–H groups in total. The molecule has 3 nitrogen and oxygen atoms in total. The Labute approximate surface area is 101 Å². The third-order valence-electron chi connectivity index (χ3n) is 2.11. The highest BCUT2D eigenvalue weighted by Crippen LogP contribution is 2.07. The van der Waals surface area contributed by atoms with E-state index in [4.69, 9.17) is 4.74 Å². The van der Waals surface area contributed by atoms with Crippen LogP contribution in [-0.2, 0) is 14.3 Å². The van der Waals surface area contributed by atoms with Crippen molar-refractivity contribution in [3.63, 3.8) is 0 Å². The van der Waals surface area contributed by atoms with Gasteiger partial charge < -0.3 is 4.74 Å². The number of ether oxygens (including phenoxy) is 1. The molecular formula is C14H16O3. The zero-order valence-corrected chi connectivity index (χ0v) is 10.1. The van der Waals surface area contributed by atoms with Crippen LogP contribution in [0.15, 0.2) is 36.4 Å². The predicted octanol–water partition coefficient (Wildman–Crippen LogP) is 2.61. The second kappa shape index (κ2) is 6.63. The highest BCUT2D eigenvalue weighted by Gasteiger charge is 2.10. The standard InChI is InChI=1S/C14H16O3/c1-11(15)10-14(17-12(2)16)9-8-13-6-4-3-5-7-13/h3-9,14H,10H2,1-2H3. The summed E-state index contributed by atoms with van der Waals surface area (Å²) in [5, 5.41) is 0. The molecule has 90 valence electrons. The van der Waals surface area contributed by atoms with Crippen molar-refractivity contribution < 1.29 is 14.3 Å². The van der Waals surface area contributed by atoms with Crippen molar-refractivity contribution in [2.45, 2.75) is 26.4 Å². The Morgan fingerprint density at radius 2 is 1.88 bits per heavy atom. The van der Waals surface area contributed by atoms with Gasteiger partial charge in [0.1, 0.15) is 11.9 Å². The summed E-state index contributed by atoms with van der Waals surface area (Å²) in [5.41, 5.74) is 1.01. The van der Waals surface area contributed by atoms with E-state index < -0.39 is 6.10 Å². The molecule has 0 aliphatic rings. The Morgan fingerprint density at radius 3 is 2.41 bits per heavy atom. The smallest absolute Gasteiger partial charge is 0.303 e. The Balaban J connectivity index is 2.68. The van der Waals surface area contributed by atoms with E-state index in [1.165, 1.54) is 13.8 Å². The molecule has 0 bridgehead atoms. The van der Waals surface area contributed by atoms with Crippen LogP contribution in [0.25, 0.3) is 6.08 Å². The van der Waals surface area contributed by atoms with Crippen molar-refractivity contribution in [2.75, 3.05) is 0 Å². The van der Waals surface area contributed by atoms with Gasteiger partial charge in [0.15, 0.2) is 0 Å². The SMILES string of the molecule is CC(=O)CC(C=Cc1ccccc1)OC(C)=O. The highest BCUT2D eigenvalue weighted by molar-refractivity contribution is 5.77. The van der Waals surface area contributed by atoms with E-state index in [-0.39, 0.29) is 18.2 Å². The highest BCUT2D eigenvalue weighted by atomic mass is 16.5. The molecule has 0 aliphatic carbocycles. The monoisotopic (exact) mass is 232 g/mol. The zero-order chi connectivity index (χ0) is 12.7. The first-order valence-corrected chi connectivity index (χ1v) is 5.48. The van der Waals surface area contributed by atoms with Gasteiger partial charge in [0.05, 0.1) is 0 Å². The number of hydrogen-bond acceptors (Lipinski definition) is 3. The summed E-state index contributed by atoms with van der Waals surface area (Å²) in [5.74, 6) is -0.386. The summed E-state index contributed by atoms with van der Waals surface area (Å²) in [6, 6.07) is 9.65. The molecule has 0 aromatic heterocycles.